The lowest BCUT2D eigenvalue weighted by molar-refractivity contribution is -0.122. The highest BCUT2D eigenvalue weighted by Gasteiger charge is 2.31. The molecule has 1 aliphatic rings. The first kappa shape index (κ1) is 15.5. The summed E-state index contributed by atoms with van der Waals surface area (Å²) in [5, 5.41) is 13.1. The number of anilines is 1. The third-order valence-corrected chi connectivity index (χ3v) is 3.89. The first-order valence-corrected chi connectivity index (χ1v) is 7.36. The molecule has 21 heavy (non-hydrogen) atoms. The number of aliphatic hydroxyl groups is 1. The lowest BCUT2D eigenvalue weighted by Gasteiger charge is -2.31. The van der Waals surface area contributed by atoms with Crippen molar-refractivity contribution in [3.63, 3.8) is 0 Å². The summed E-state index contributed by atoms with van der Waals surface area (Å²) in [4.78, 5) is 22.8. The fraction of sp³-hybridized carbons (Fsp3) is 0.500. The number of rotatable bonds is 5. The van der Waals surface area contributed by atoms with Gasteiger partial charge in [0.2, 0.25) is 11.8 Å². The van der Waals surface area contributed by atoms with Crippen LogP contribution in [0.2, 0.25) is 0 Å². The van der Waals surface area contributed by atoms with Gasteiger partial charge in [0.25, 0.3) is 0 Å². The number of carbonyl (C=O) groups excluding carboxylic acids is 2. The summed E-state index contributed by atoms with van der Waals surface area (Å²) in [5.74, 6) is -0.562. The maximum absolute atomic E-state index is 12.0. The average molecular weight is 290 g/mol. The van der Waals surface area contributed by atoms with Crippen LogP contribution in [0.3, 0.4) is 0 Å². The second kappa shape index (κ2) is 6.72. The van der Waals surface area contributed by atoms with Crippen molar-refractivity contribution >= 4 is 17.5 Å². The van der Waals surface area contributed by atoms with E-state index in [1.54, 1.807) is 24.3 Å². The van der Waals surface area contributed by atoms with Gasteiger partial charge in [-0.25, -0.2) is 0 Å². The average Bonchev–Trinajstić information content (AvgIpc) is 2.40. The minimum atomic E-state index is -0.853. The maximum atomic E-state index is 12.0. The van der Waals surface area contributed by atoms with E-state index >= 15 is 0 Å². The Morgan fingerprint density at radius 1 is 1.14 bits per heavy atom. The number of amides is 2. The molecule has 0 aliphatic heterocycles. The molecule has 1 fully saturated rings. The standard InChI is InChI=1S/C16H22N2O3/c17-14(19)10-12-4-6-13(7-5-12)18-15(20)11-16(21)8-2-1-3-9-16/h4-7,21H,1-3,8-11H2,(H2,17,19)(H,18,20). The summed E-state index contributed by atoms with van der Waals surface area (Å²) >= 11 is 0. The highest BCUT2D eigenvalue weighted by atomic mass is 16.3. The predicted octanol–water partition coefficient (Wildman–Crippen LogP) is 1.74. The van der Waals surface area contributed by atoms with Crippen molar-refractivity contribution < 1.29 is 14.7 Å². The first-order chi connectivity index (χ1) is 9.97. The van der Waals surface area contributed by atoms with Gasteiger partial charge in [-0.2, -0.15) is 0 Å². The minimum Gasteiger partial charge on any atom is -0.389 e. The van der Waals surface area contributed by atoms with Gasteiger partial charge in [0, 0.05) is 5.69 Å². The Kier molecular flexibility index (Phi) is 4.96. The third kappa shape index (κ3) is 4.86. The fourth-order valence-corrected chi connectivity index (χ4v) is 2.80. The lowest BCUT2D eigenvalue weighted by Crippen LogP contribution is -2.35. The molecular formula is C16H22N2O3. The molecule has 0 bridgehead atoms. The molecule has 0 spiro atoms. The van der Waals surface area contributed by atoms with E-state index in [4.69, 9.17) is 5.73 Å². The molecule has 5 nitrogen and oxygen atoms in total. The predicted molar refractivity (Wildman–Crippen MR) is 80.6 cm³/mol. The molecule has 0 unspecified atom stereocenters. The molecule has 2 rings (SSSR count). The third-order valence-electron chi connectivity index (χ3n) is 3.89. The van der Waals surface area contributed by atoms with Gasteiger partial charge in [0.1, 0.15) is 0 Å². The molecule has 114 valence electrons. The maximum Gasteiger partial charge on any atom is 0.227 e. The SMILES string of the molecule is NC(=O)Cc1ccc(NC(=O)CC2(O)CCCCC2)cc1. The van der Waals surface area contributed by atoms with Crippen LogP contribution in [-0.2, 0) is 16.0 Å². The van der Waals surface area contributed by atoms with Crippen molar-refractivity contribution in [2.24, 2.45) is 5.73 Å². The topological polar surface area (TPSA) is 92.4 Å². The summed E-state index contributed by atoms with van der Waals surface area (Å²) in [6, 6.07) is 6.99. The Hall–Kier alpha value is -1.88. The van der Waals surface area contributed by atoms with E-state index in [1.165, 1.54) is 0 Å². The molecule has 1 aromatic carbocycles. The number of benzene rings is 1. The van der Waals surface area contributed by atoms with E-state index in [1.807, 2.05) is 0 Å². The van der Waals surface area contributed by atoms with Crippen molar-refractivity contribution in [2.75, 3.05) is 5.32 Å². The molecule has 1 saturated carbocycles. The fourth-order valence-electron chi connectivity index (χ4n) is 2.80. The van der Waals surface area contributed by atoms with Crippen molar-refractivity contribution in [1.29, 1.82) is 0 Å². The molecule has 0 saturated heterocycles. The summed E-state index contributed by atoms with van der Waals surface area (Å²) < 4.78 is 0. The molecule has 2 amide bonds. The van der Waals surface area contributed by atoms with Crippen LogP contribution in [0.1, 0.15) is 44.1 Å². The second-order valence-corrected chi connectivity index (χ2v) is 5.85. The largest absolute Gasteiger partial charge is 0.389 e. The van der Waals surface area contributed by atoms with E-state index < -0.39 is 5.60 Å². The van der Waals surface area contributed by atoms with E-state index in [9.17, 15) is 14.7 Å². The van der Waals surface area contributed by atoms with Gasteiger partial charge in [-0.3, -0.25) is 9.59 Å². The number of primary amides is 1. The zero-order valence-corrected chi connectivity index (χ0v) is 12.1. The van der Waals surface area contributed by atoms with Crippen LogP contribution in [0.15, 0.2) is 24.3 Å². The molecule has 1 aromatic rings. The van der Waals surface area contributed by atoms with Crippen LogP contribution in [0.25, 0.3) is 0 Å². The molecule has 5 heteroatoms. The summed E-state index contributed by atoms with van der Waals surface area (Å²) in [5.41, 5.74) is 5.74. The summed E-state index contributed by atoms with van der Waals surface area (Å²) in [6.07, 6.45) is 4.79. The number of nitrogens with one attached hydrogen (secondary N) is 1. The Morgan fingerprint density at radius 2 is 1.76 bits per heavy atom. The van der Waals surface area contributed by atoms with Crippen molar-refractivity contribution in [2.45, 2.75) is 50.5 Å². The quantitative estimate of drug-likeness (QED) is 0.771. The van der Waals surface area contributed by atoms with Gasteiger partial charge in [-0.1, -0.05) is 31.4 Å². The van der Waals surface area contributed by atoms with Gasteiger partial charge in [-0.15, -0.1) is 0 Å². The molecule has 0 radical (unpaired) electrons. The Balaban J connectivity index is 1.88. The number of hydrogen-bond donors (Lipinski definition) is 3. The normalized spacial score (nSPS) is 17.2. The zero-order chi connectivity index (χ0) is 15.3. The Morgan fingerprint density at radius 3 is 2.33 bits per heavy atom. The van der Waals surface area contributed by atoms with Gasteiger partial charge < -0.3 is 16.2 Å². The van der Waals surface area contributed by atoms with E-state index in [-0.39, 0.29) is 24.7 Å². The number of hydrogen-bond acceptors (Lipinski definition) is 3. The van der Waals surface area contributed by atoms with Crippen LogP contribution < -0.4 is 11.1 Å². The summed E-state index contributed by atoms with van der Waals surface area (Å²) in [6.45, 7) is 0. The first-order valence-electron chi connectivity index (χ1n) is 7.36. The molecule has 0 atom stereocenters. The van der Waals surface area contributed by atoms with Crippen LogP contribution in [0.5, 0.6) is 0 Å². The molecule has 0 heterocycles. The zero-order valence-electron chi connectivity index (χ0n) is 12.1. The molecule has 1 aliphatic carbocycles. The number of carbonyl (C=O) groups is 2. The summed E-state index contributed by atoms with van der Waals surface area (Å²) in [7, 11) is 0. The van der Waals surface area contributed by atoms with Gasteiger partial charge >= 0.3 is 0 Å². The number of nitrogens with two attached hydrogens (primary N) is 1. The van der Waals surface area contributed by atoms with Gasteiger partial charge in [0.15, 0.2) is 0 Å². The van der Waals surface area contributed by atoms with Crippen molar-refractivity contribution in [1.82, 2.24) is 0 Å². The van der Waals surface area contributed by atoms with E-state index in [2.05, 4.69) is 5.32 Å². The monoisotopic (exact) mass is 290 g/mol. The highest BCUT2D eigenvalue weighted by Crippen LogP contribution is 2.31. The molecule has 0 aromatic heterocycles. The Bertz CT molecular complexity index is 505. The van der Waals surface area contributed by atoms with Crippen molar-refractivity contribution in [3.8, 4) is 0 Å². The van der Waals surface area contributed by atoms with Crippen LogP contribution in [-0.4, -0.2) is 22.5 Å². The van der Waals surface area contributed by atoms with Crippen LogP contribution in [0, 0.1) is 0 Å². The van der Waals surface area contributed by atoms with E-state index in [0.717, 1.165) is 24.8 Å². The van der Waals surface area contributed by atoms with Gasteiger partial charge in [0.05, 0.1) is 18.4 Å². The molecule has 4 N–H and O–H groups in total. The highest BCUT2D eigenvalue weighted by molar-refractivity contribution is 5.91. The van der Waals surface area contributed by atoms with Gasteiger partial charge in [-0.05, 0) is 30.5 Å². The van der Waals surface area contributed by atoms with Crippen molar-refractivity contribution in [3.05, 3.63) is 29.8 Å². The van der Waals surface area contributed by atoms with Crippen LogP contribution >= 0.6 is 0 Å². The minimum absolute atomic E-state index is 0.135. The lowest BCUT2D eigenvalue weighted by atomic mass is 9.82. The second-order valence-electron chi connectivity index (χ2n) is 5.85. The van der Waals surface area contributed by atoms with Crippen LogP contribution in [0.4, 0.5) is 5.69 Å². The smallest absolute Gasteiger partial charge is 0.227 e. The molecular weight excluding hydrogens is 268 g/mol. The Labute approximate surface area is 124 Å². The van der Waals surface area contributed by atoms with E-state index in [0.29, 0.717) is 18.5 Å².